The van der Waals surface area contributed by atoms with Gasteiger partial charge in [-0.2, -0.15) is 0 Å². The van der Waals surface area contributed by atoms with Crippen molar-refractivity contribution in [2.45, 2.75) is 13.0 Å². The van der Waals surface area contributed by atoms with E-state index in [4.69, 9.17) is 4.99 Å². The molecule has 0 bridgehead atoms. The molecule has 2 aromatic rings. The molecule has 1 aliphatic rings. The summed E-state index contributed by atoms with van der Waals surface area (Å²) in [5.41, 5.74) is 3.41. The van der Waals surface area contributed by atoms with Gasteiger partial charge in [0.05, 0.1) is 29.7 Å². The highest BCUT2D eigenvalue weighted by Gasteiger charge is 2.17. The molecule has 0 spiro atoms. The van der Waals surface area contributed by atoms with Gasteiger partial charge >= 0.3 is 0 Å². The molecule has 2 N–H and O–H groups in total. The number of aliphatic imine (C=N–C) groups is 2. The van der Waals surface area contributed by atoms with Crippen LogP contribution in [-0.4, -0.2) is 40.8 Å². The van der Waals surface area contributed by atoms with Crippen molar-refractivity contribution in [1.29, 1.82) is 0 Å². The first-order valence-electron chi connectivity index (χ1n) is 7.39. The smallest absolute Gasteiger partial charge is 0.124 e. The number of pyridine rings is 1. The quantitative estimate of drug-likeness (QED) is 0.869. The molecular formula is C17H17BrN4O. The third kappa shape index (κ3) is 3.83. The van der Waals surface area contributed by atoms with Crippen molar-refractivity contribution in [1.82, 2.24) is 10.3 Å². The lowest BCUT2D eigenvalue weighted by Gasteiger charge is -2.09. The van der Waals surface area contributed by atoms with E-state index in [2.05, 4.69) is 31.2 Å². The number of hydrogen-bond acceptors (Lipinski definition) is 5. The molecule has 3 rings (SSSR count). The number of aliphatic hydroxyl groups is 1. The molecule has 6 heteroatoms. The van der Waals surface area contributed by atoms with E-state index in [1.165, 1.54) is 0 Å². The van der Waals surface area contributed by atoms with Crippen LogP contribution in [0.2, 0.25) is 0 Å². The molecule has 1 aliphatic heterocycles. The first kappa shape index (κ1) is 15.8. The van der Waals surface area contributed by atoms with E-state index in [9.17, 15) is 5.11 Å². The first-order chi connectivity index (χ1) is 11.1. The van der Waals surface area contributed by atoms with Gasteiger partial charge in [-0.1, -0.05) is 22.0 Å². The largest absolute Gasteiger partial charge is 0.392 e. The Labute approximate surface area is 143 Å². The molecule has 5 nitrogen and oxygen atoms in total. The maximum atomic E-state index is 9.45. The second-order valence-corrected chi connectivity index (χ2v) is 6.25. The minimum Gasteiger partial charge on any atom is -0.392 e. The summed E-state index contributed by atoms with van der Waals surface area (Å²) in [5, 5.41) is 12.6. The van der Waals surface area contributed by atoms with Crippen LogP contribution in [0.25, 0.3) is 0 Å². The van der Waals surface area contributed by atoms with Gasteiger partial charge in [0.2, 0.25) is 0 Å². The summed E-state index contributed by atoms with van der Waals surface area (Å²) in [6, 6.07) is 11.7. The van der Waals surface area contributed by atoms with Crippen molar-refractivity contribution in [3.05, 3.63) is 58.3 Å². The molecule has 1 aromatic heterocycles. The highest BCUT2D eigenvalue weighted by molar-refractivity contribution is 9.10. The average Bonchev–Trinajstić information content (AvgIpc) is 2.73. The summed E-state index contributed by atoms with van der Waals surface area (Å²) < 4.78 is 0.968. The van der Waals surface area contributed by atoms with Crippen LogP contribution in [0.15, 0.2) is 57.1 Å². The topological polar surface area (TPSA) is 69.9 Å². The van der Waals surface area contributed by atoms with Gasteiger partial charge in [0, 0.05) is 22.8 Å². The van der Waals surface area contributed by atoms with Crippen molar-refractivity contribution in [3.8, 4) is 0 Å². The van der Waals surface area contributed by atoms with Crippen LogP contribution in [0.1, 0.15) is 18.2 Å². The zero-order valence-corrected chi connectivity index (χ0v) is 14.3. The Balaban J connectivity index is 2.03. The number of nitrogens with zero attached hydrogens (tertiary/aromatic N) is 3. The average molecular weight is 373 g/mol. The Kier molecular flexibility index (Phi) is 4.83. The molecule has 1 unspecified atom stereocenters. The minimum absolute atomic E-state index is 0.422. The number of nitrogens with one attached hydrogen (secondary N) is 1. The molecule has 0 saturated heterocycles. The lowest BCUT2D eigenvalue weighted by Crippen LogP contribution is -2.32. The van der Waals surface area contributed by atoms with Gasteiger partial charge in [-0.3, -0.25) is 9.98 Å². The van der Waals surface area contributed by atoms with E-state index in [0.717, 1.165) is 33.0 Å². The SMILES string of the molecule is CC(O)CNC1=Nc2ccc(Br)cc2C(c2ccccn2)=NC1. The molecule has 0 fully saturated rings. The summed E-state index contributed by atoms with van der Waals surface area (Å²) >= 11 is 3.51. The monoisotopic (exact) mass is 372 g/mol. The van der Waals surface area contributed by atoms with Crippen LogP contribution in [0.5, 0.6) is 0 Å². The summed E-state index contributed by atoms with van der Waals surface area (Å²) in [5.74, 6) is 0.736. The normalized spacial score (nSPS) is 15.1. The minimum atomic E-state index is -0.440. The number of halogens is 1. The first-order valence-corrected chi connectivity index (χ1v) is 8.18. The van der Waals surface area contributed by atoms with E-state index in [0.29, 0.717) is 13.1 Å². The molecule has 118 valence electrons. The van der Waals surface area contributed by atoms with Gasteiger partial charge in [-0.25, -0.2) is 4.99 Å². The van der Waals surface area contributed by atoms with Crippen LogP contribution in [0.3, 0.4) is 0 Å². The Hall–Kier alpha value is -2.05. The van der Waals surface area contributed by atoms with Crippen molar-refractivity contribution in [2.75, 3.05) is 13.1 Å². The van der Waals surface area contributed by atoms with Gasteiger partial charge in [-0.15, -0.1) is 0 Å². The third-order valence-corrected chi connectivity index (χ3v) is 3.86. The maximum absolute atomic E-state index is 9.45. The summed E-state index contributed by atoms with van der Waals surface area (Å²) in [6.45, 7) is 2.60. The van der Waals surface area contributed by atoms with Gasteiger partial charge in [0.15, 0.2) is 0 Å². The summed E-state index contributed by atoms with van der Waals surface area (Å²) in [4.78, 5) is 13.8. The Morgan fingerprint density at radius 3 is 2.91 bits per heavy atom. The van der Waals surface area contributed by atoms with Crippen LogP contribution in [0, 0.1) is 0 Å². The fourth-order valence-electron chi connectivity index (χ4n) is 2.30. The molecule has 1 aromatic carbocycles. The maximum Gasteiger partial charge on any atom is 0.124 e. The highest BCUT2D eigenvalue weighted by Crippen LogP contribution is 2.27. The van der Waals surface area contributed by atoms with Crippen LogP contribution < -0.4 is 5.32 Å². The van der Waals surface area contributed by atoms with Gasteiger partial charge in [0.25, 0.3) is 0 Å². The van der Waals surface area contributed by atoms with Crippen molar-refractivity contribution in [2.24, 2.45) is 9.98 Å². The zero-order valence-electron chi connectivity index (χ0n) is 12.7. The second-order valence-electron chi connectivity index (χ2n) is 5.33. The van der Waals surface area contributed by atoms with Crippen molar-refractivity contribution in [3.63, 3.8) is 0 Å². The number of amidine groups is 1. The Bertz CT molecular complexity index is 756. The zero-order chi connectivity index (χ0) is 16.2. The van der Waals surface area contributed by atoms with E-state index in [-0.39, 0.29) is 0 Å². The Morgan fingerprint density at radius 2 is 2.17 bits per heavy atom. The lowest BCUT2D eigenvalue weighted by atomic mass is 10.0. The molecule has 0 aliphatic carbocycles. The van der Waals surface area contributed by atoms with E-state index in [1.54, 1.807) is 13.1 Å². The molecule has 0 amide bonds. The number of rotatable bonds is 3. The molecule has 2 heterocycles. The molecule has 0 radical (unpaired) electrons. The fourth-order valence-corrected chi connectivity index (χ4v) is 2.66. The standard InChI is InChI=1S/C17H17BrN4O/c1-11(23)9-20-16-10-21-17(15-4-2-3-7-19-15)13-8-12(18)5-6-14(13)22-16/h2-8,11,23H,9-10H2,1H3,(H,20,22). The van der Waals surface area contributed by atoms with Gasteiger partial charge in [-0.05, 0) is 37.3 Å². The predicted molar refractivity (Wildman–Crippen MR) is 95.7 cm³/mol. The molecule has 0 saturated carbocycles. The summed E-state index contributed by atoms with van der Waals surface area (Å²) in [7, 11) is 0. The van der Waals surface area contributed by atoms with Crippen LogP contribution in [-0.2, 0) is 0 Å². The van der Waals surface area contributed by atoms with Crippen molar-refractivity contribution >= 4 is 33.2 Å². The molecule has 1 atom stereocenters. The van der Waals surface area contributed by atoms with Crippen molar-refractivity contribution < 1.29 is 5.11 Å². The van der Waals surface area contributed by atoms with Gasteiger partial charge in [0.1, 0.15) is 5.84 Å². The van der Waals surface area contributed by atoms with Crippen LogP contribution in [0.4, 0.5) is 5.69 Å². The van der Waals surface area contributed by atoms with Crippen LogP contribution >= 0.6 is 15.9 Å². The number of benzene rings is 1. The van der Waals surface area contributed by atoms with E-state index >= 15 is 0 Å². The molecule has 23 heavy (non-hydrogen) atoms. The summed E-state index contributed by atoms with van der Waals surface area (Å²) in [6.07, 6.45) is 1.32. The predicted octanol–water partition coefficient (Wildman–Crippen LogP) is 2.70. The highest BCUT2D eigenvalue weighted by atomic mass is 79.9. The number of hydrogen-bond donors (Lipinski definition) is 2. The number of fused-ring (bicyclic) bond motifs is 1. The van der Waals surface area contributed by atoms with E-state index in [1.807, 2.05) is 36.4 Å². The third-order valence-electron chi connectivity index (χ3n) is 3.37. The Morgan fingerprint density at radius 1 is 1.30 bits per heavy atom. The fraction of sp³-hybridized carbons (Fsp3) is 0.235. The molecular weight excluding hydrogens is 356 g/mol. The lowest BCUT2D eigenvalue weighted by molar-refractivity contribution is 0.198. The number of aliphatic hydroxyl groups excluding tert-OH is 1. The van der Waals surface area contributed by atoms with Gasteiger partial charge < -0.3 is 10.4 Å². The second kappa shape index (κ2) is 7.02. The van der Waals surface area contributed by atoms with E-state index < -0.39 is 6.10 Å². The number of aromatic nitrogens is 1.